The Hall–Kier alpha value is -1.59. The molecule has 0 aliphatic carbocycles. The average Bonchev–Trinajstić information content (AvgIpc) is 2.58. The van der Waals surface area contributed by atoms with E-state index in [0.29, 0.717) is 17.3 Å². The number of hydrogen-bond donors (Lipinski definition) is 1. The molecule has 2 amide bonds. The number of carbonyl (C=O) groups excluding carboxylic acids is 2. The molecule has 1 aromatic carbocycles. The van der Waals surface area contributed by atoms with Gasteiger partial charge in [0.05, 0.1) is 0 Å². The maximum Gasteiger partial charge on any atom is 0.233 e. The fourth-order valence-electron chi connectivity index (χ4n) is 3.25. The molecule has 1 aliphatic heterocycles. The van der Waals surface area contributed by atoms with Crippen LogP contribution in [-0.2, 0) is 14.3 Å². The molecule has 0 radical (unpaired) electrons. The molecular weight excluding hydrogens is 340 g/mol. The van der Waals surface area contributed by atoms with E-state index in [-0.39, 0.29) is 24.3 Å². The fraction of sp³-hybridized carbons (Fsp3) is 0.579. The third-order valence-electron chi connectivity index (χ3n) is 4.62. The lowest BCUT2D eigenvalue weighted by Crippen LogP contribution is -2.44. The molecule has 25 heavy (non-hydrogen) atoms. The number of rotatable bonds is 7. The summed E-state index contributed by atoms with van der Waals surface area (Å²) in [5, 5.41) is 3.35. The van der Waals surface area contributed by atoms with Crippen LogP contribution in [0.2, 0.25) is 5.02 Å². The van der Waals surface area contributed by atoms with Crippen LogP contribution in [0.25, 0.3) is 0 Å². The first kappa shape index (κ1) is 19.7. The van der Waals surface area contributed by atoms with Gasteiger partial charge in [-0.05, 0) is 56.7 Å². The molecule has 0 spiro atoms. The van der Waals surface area contributed by atoms with Gasteiger partial charge in [-0.25, -0.2) is 0 Å². The molecular formula is C19H27ClN2O3. The van der Waals surface area contributed by atoms with Gasteiger partial charge in [-0.1, -0.05) is 17.7 Å². The van der Waals surface area contributed by atoms with Crippen molar-refractivity contribution in [1.29, 1.82) is 0 Å². The monoisotopic (exact) mass is 366 g/mol. The molecule has 138 valence electrons. The SMILES string of the molecule is COCCCC1CCCCN1C(=O)CC(=O)Nc1cc(Cl)ccc1C. The van der Waals surface area contributed by atoms with Gasteiger partial charge in [-0.15, -0.1) is 0 Å². The number of ether oxygens (including phenoxy) is 1. The predicted molar refractivity (Wildman–Crippen MR) is 99.9 cm³/mol. The van der Waals surface area contributed by atoms with Crippen molar-refractivity contribution in [1.82, 2.24) is 4.90 Å². The first-order chi connectivity index (χ1) is 12.0. The summed E-state index contributed by atoms with van der Waals surface area (Å²) in [6.45, 7) is 3.33. The number of hydrogen-bond acceptors (Lipinski definition) is 3. The van der Waals surface area contributed by atoms with E-state index in [1.54, 1.807) is 19.2 Å². The summed E-state index contributed by atoms with van der Waals surface area (Å²) in [6.07, 6.45) is 4.86. The van der Waals surface area contributed by atoms with Crippen molar-refractivity contribution in [2.24, 2.45) is 0 Å². The van der Waals surface area contributed by atoms with Crippen molar-refractivity contribution in [3.05, 3.63) is 28.8 Å². The molecule has 1 N–H and O–H groups in total. The molecule has 1 atom stereocenters. The Kier molecular flexibility index (Phi) is 7.72. The second-order valence-corrected chi connectivity index (χ2v) is 6.99. The van der Waals surface area contributed by atoms with E-state index < -0.39 is 0 Å². The smallest absolute Gasteiger partial charge is 0.233 e. The number of amides is 2. The Balaban J connectivity index is 1.92. The van der Waals surface area contributed by atoms with E-state index in [9.17, 15) is 9.59 Å². The molecule has 6 heteroatoms. The highest BCUT2D eigenvalue weighted by molar-refractivity contribution is 6.31. The van der Waals surface area contributed by atoms with Gasteiger partial charge in [0.15, 0.2) is 0 Å². The molecule has 2 rings (SSSR count). The number of benzene rings is 1. The van der Waals surface area contributed by atoms with Crippen molar-refractivity contribution < 1.29 is 14.3 Å². The largest absolute Gasteiger partial charge is 0.385 e. The Labute approximate surface area is 154 Å². The van der Waals surface area contributed by atoms with Crippen LogP contribution < -0.4 is 5.32 Å². The van der Waals surface area contributed by atoms with Crippen LogP contribution in [0.1, 0.15) is 44.1 Å². The number of anilines is 1. The molecule has 1 unspecified atom stereocenters. The lowest BCUT2D eigenvalue weighted by atomic mass is 9.97. The van der Waals surface area contributed by atoms with Crippen LogP contribution in [-0.4, -0.2) is 43.0 Å². The second kappa shape index (κ2) is 9.78. The quantitative estimate of drug-likeness (QED) is 0.590. The highest BCUT2D eigenvalue weighted by atomic mass is 35.5. The first-order valence-corrected chi connectivity index (χ1v) is 9.23. The maximum absolute atomic E-state index is 12.6. The number of halogens is 1. The predicted octanol–water partition coefficient (Wildman–Crippen LogP) is 3.78. The Morgan fingerprint density at radius 1 is 1.36 bits per heavy atom. The van der Waals surface area contributed by atoms with E-state index >= 15 is 0 Å². The number of nitrogens with one attached hydrogen (secondary N) is 1. The molecule has 1 saturated heterocycles. The molecule has 0 aromatic heterocycles. The summed E-state index contributed by atoms with van der Waals surface area (Å²) >= 11 is 5.97. The van der Waals surface area contributed by atoms with Crippen LogP contribution in [0.5, 0.6) is 0 Å². The van der Waals surface area contributed by atoms with Crippen LogP contribution in [0.4, 0.5) is 5.69 Å². The third kappa shape index (κ3) is 6.01. The number of piperidine rings is 1. The highest BCUT2D eigenvalue weighted by Crippen LogP contribution is 2.23. The van der Waals surface area contributed by atoms with E-state index in [0.717, 1.165) is 44.2 Å². The van der Waals surface area contributed by atoms with Gasteiger partial charge in [0.25, 0.3) is 0 Å². The maximum atomic E-state index is 12.6. The molecule has 1 aliphatic rings. The minimum atomic E-state index is -0.295. The number of aryl methyl sites for hydroxylation is 1. The van der Waals surface area contributed by atoms with Gasteiger partial charge in [0.1, 0.15) is 6.42 Å². The summed E-state index contributed by atoms with van der Waals surface area (Å²) in [6, 6.07) is 5.54. The zero-order chi connectivity index (χ0) is 18.2. The van der Waals surface area contributed by atoms with Crippen molar-refractivity contribution >= 4 is 29.1 Å². The van der Waals surface area contributed by atoms with Gasteiger partial charge in [-0.2, -0.15) is 0 Å². The minimum Gasteiger partial charge on any atom is -0.385 e. The average molecular weight is 367 g/mol. The fourth-order valence-corrected chi connectivity index (χ4v) is 3.43. The lowest BCUT2D eigenvalue weighted by molar-refractivity contribution is -0.137. The zero-order valence-electron chi connectivity index (χ0n) is 15.0. The number of likely N-dealkylation sites (tertiary alicyclic amines) is 1. The van der Waals surface area contributed by atoms with Gasteiger partial charge >= 0.3 is 0 Å². The molecule has 1 heterocycles. The number of carbonyl (C=O) groups is 2. The van der Waals surface area contributed by atoms with Crippen molar-refractivity contribution in [2.75, 3.05) is 25.6 Å². The topological polar surface area (TPSA) is 58.6 Å². The number of nitrogens with zero attached hydrogens (tertiary/aromatic N) is 1. The van der Waals surface area contributed by atoms with Crippen molar-refractivity contribution in [3.8, 4) is 0 Å². The van der Waals surface area contributed by atoms with Crippen molar-refractivity contribution in [3.63, 3.8) is 0 Å². The Morgan fingerprint density at radius 2 is 2.16 bits per heavy atom. The number of methoxy groups -OCH3 is 1. The van der Waals surface area contributed by atoms with Crippen molar-refractivity contribution in [2.45, 2.75) is 51.5 Å². The van der Waals surface area contributed by atoms with Crippen LogP contribution in [0.15, 0.2) is 18.2 Å². The molecule has 0 bridgehead atoms. The molecule has 0 saturated carbocycles. The van der Waals surface area contributed by atoms with Crippen LogP contribution in [0.3, 0.4) is 0 Å². The lowest BCUT2D eigenvalue weighted by Gasteiger charge is -2.36. The molecule has 5 nitrogen and oxygen atoms in total. The third-order valence-corrected chi connectivity index (χ3v) is 4.85. The van der Waals surface area contributed by atoms with E-state index in [2.05, 4.69) is 5.32 Å². The van der Waals surface area contributed by atoms with Gasteiger partial charge in [0, 0.05) is 37.0 Å². The Morgan fingerprint density at radius 3 is 2.92 bits per heavy atom. The van der Waals surface area contributed by atoms with E-state index in [1.807, 2.05) is 17.9 Å². The standard InChI is InChI=1S/C19H27ClN2O3/c1-14-8-9-15(20)12-17(14)21-18(23)13-19(24)22-10-4-3-6-16(22)7-5-11-25-2/h8-9,12,16H,3-7,10-11,13H2,1-2H3,(H,21,23). The van der Waals surface area contributed by atoms with E-state index in [4.69, 9.17) is 16.3 Å². The van der Waals surface area contributed by atoms with Crippen LogP contribution in [0, 0.1) is 6.92 Å². The summed E-state index contributed by atoms with van der Waals surface area (Å²) in [7, 11) is 1.69. The summed E-state index contributed by atoms with van der Waals surface area (Å²) in [5.41, 5.74) is 1.57. The second-order valence-electron chi connectivity index (χ2n) is 6.56. The molecule has 1 aromatic rings. The zero-order valence-corrected chi connectivity index (χ0v) is 15.8. The van der Waals surface area contributed by atoms with Gasteiger partial charge < -0.3 is 15.0 Å². The summed E-state index contributed by atoms with van der Waals surface area (Å²) < 4.78 is 5.10. The van der Waals surface area contributed by atoms with Crippen LogP contribution >= 0.6 is 11.6 Å². The summed E-state index contributed by atoms with van der Waals surface area (Å²) in [4.78, 5) is 26.8. The van der Waals surface area contributed by atoms with Gasteiger partial charge in [-0.3, -0.25) is 9.59 Å². The first-order valence-electron chi connectivity index (χ1n) is 8.85. The van der Waals surface area contributed by atoms with Gasteiger partial charge in [0.2, 0.25) is 11.8 Å². The minimum absolute atomic E-state index is 0.0979. The normalized spacial score (nSPS) is 17.4. The Bertz CT molecular complexity index is 606. The van der Waals surface area contributed by atoms with E-state index in [1.165, 1.54) is 0 Å². The summed E-state index contributed by atoms with van der Waals surface area (Å²) in [5.74, 6) is -0.393. The highest BCUT2D eigenvalue weighted by Gasteiger charge is 2.27. The molecule has 1 fully saturated rings.